The van der Waals surface area contributed by atoms with Gasteiger partial charge in [0.1, 0.15) is 4.88 Å². The molecule has 9 heteroatoms. The number of hydrogen-bond donors (Lipinski definition) is 2. The number of amides is 3. The van der Waals surface area contributed by atoms with Crippen LogP contribution in [0.5, 0.6) is 0 Å². The second-order valence-electron chi connectivity index (χ2n) is 5.70. The number of ether oxygens (including phenoxy) is 1. The van der Waals surface area contributed by atoms with Crippen molar-refractivity contribution in [3.63, 3.8) is 0 Å². The van der Waals surface area contributed by atoms with Crippen molar-refractivity contribution in [2.75, 3.05) is 6.61 Å². The zero-order chi connectivity index (χ0) is 17.7. The Morgan fingerprint density at radius 2 is 2.00 bits per heavy atom. The average molecular weight is 482 g/mol. The molecule has 1 aromatic rings. The first-order chi connectivity index (χ1) is 11.4. The van der Waals surface area contributed by atoms with Gasteiger partial charge in [0.05, 0.1) is 3.79 Å². The molecule has 1 aromatic heterocycles. The van der Waals surface area contributed by atoms with Gasteiger partial charge in [-0.15, -0.1) is 11.3 Å². The van der Waals surface area contributed by atoms with E-state index in [1.807, 2.05) is 0 Å². The van der Waals surface area contributed by atoms with Gasteiger partial charge in [-0.25, -0.2) is 9.59 Å². The maximum atomic E-state index is 11.8. The summed E-state index contributed by atoms with van der Waals surface area (Å²) in [6.45, 7) is 1.59. The molecular formula is C15H18Br2N2O4S. The summed E-state index contributed by atoms with van der Waals surface area (Å²) in [6.07, 6.45) is 4.24. The minimum atomic E-state index is -0.654. The summed E-state index contributed by atoms with van der Waals surface area (Å²) in [5.74, 6) is -0.866. The summed E-state index contributed by atoms with van der Waals surface area (Å²) in [6, 6.07) is 1.14. The zero-order valence-electron chi connectivity index (χ0n) is 13.1. The summed E-state index contributed by atoms with van der Waals surface area (Å²) >= 11 is 7.75. The van der Waals surface area contributed by atoms with Gasteiger partial charge in [-0.3, -0.25) is 10.1 Å². The first kappa shape index (κ1) is 19.4. The predicted octanol–water partition coefficient (Wildman–Crippen LogP) is 3.83. The van der Waals surface area contributed by atoms with Crippen molar-refractivity contribution in [1.82, 2.24) is 10.6 Å². The average Bonchev–Trinajstić information content (AvgIpc) is 2.86. The molecule has 0 aliphatic heterocycles. The minimum Gasteiger partial charge on any atom is -0.451 e. The molecule has 24 heavy (non-hydrogen) atoms. The predicted molar refractivity (Wildman–Crippen MR) is 98.1 cm³/mol. The first-order valence-corrected chi connectivity index (χ1v) is 9.99. The van der Waals surface area contributed by atoms with Crippen molar-refractivity contribution in [1.29, 1.82) is 0 Å². The molecule has 0 saturated heterocycles. The van der Waals surface area contributed by atoms with Gasteiger partial charge in [-0.05, 0) is 56.7 Å². The minimum absolute atomic E-state index is 0.0786. The van der Waals surface area contributed by atoms with Crippen LogP contribution in [0.4, 0.5) is 4.79 Å². The van der Waals surface area contributed by atoms with Crippen molar-refractivity contribution >= 4 is 61.1 Å². The largest absolute Gasteiger partial charge is 0.451 e. The third-order valence-electron chi connectivity index (χ3n) is 3.86. The third-order valence-corrected chi connectivity index (χ3v) is 7.10. The fourth-order valence-electron chi connectivity index (χ4n) is 2.55. The van der Waals surface area contributed by atoms with E-state index >= 15 is 0 Å². The van der Waals surface area contributed by atoms with Crippen LogP contribution in [0.1, 0.15) is 42.3 Å². The molecule has 0 bridgehead atoms. The molecular weight excluding hydrogens is 464 g/mol. The molecule has 2 atom stereocenters. The summed E-state index contributed by atoms with van der Waals surface area (Å²) in [5.41, 5.74) is 0. The van der Waals surface area contributed by atoms with Gasteiger partial charge in [-0.2, -0.15) is 0 Å². The molecule has 1 heterocycles. The van der Waals surface area contributed by atoms with Crippen LogP contribution < -0.4 is 10.6 Å². The van der Waals surface area contributed by atoms with E-state index < -0.39 is 24.5 Å². The Morgan fingerprint density at radius 3 is 2.62 bits per heavy atom. The van der Waals surface area contributed by atoms with E-state index in [-0.39, 0.29) is 6.04 Å². The molecule has 1 aliphatic carbocycles. The number of hydrogen-bond acceptors (Lipinski definition) is 5. The molecule has 1 fully saturated rings. The Kier molecular flexibility index (Phi) is 7.24. The highest BCUT2D eigenvalue weighted by Gasteiger charge is 2.23. The van der Waals surface area contributed by atoms with E-state index in [0.717, 1.165) is 27.5 Å². The van der Waals surface area contributed by atoms with Crippen LogP contribution in [0, 0.1) is 5.92 Å². The lowest BCUT2D eigenvalue weighted by molar-refractivity contribution is -0.123. The van der Waals surface area contributed by atoms with Crippen molar-refractivity contribution < 1.29 is 19.1 Å². The van der Waals surface area contributed by atoms with E-state index in [4.69, 9.17) is 4.74 Å². The van der Waals surface area contributed by atoms with E-state index in [0.29, 0.717) is 10.8 Å². The third kappa shape index (κ3) is 5.56. The number of rotatable bonds is 4. The summed E-state index contributed by atoms with van der Waals surface area (Å²) in [7, 11) is 0. The van der Waals surface area contributed by atoms with Crippen LogP contribution >= 0.6 is 43.2 Å². The highest BCUT2D eigenvalue weighted by atomic mass is 79.9. The van der Waals surface area contributed by atoms with E-state index in [9.17, 15) is 14.4 Å². The van der Waals surface area contributed by atoms with Gasteiger partial charge in [0, 0.05) is 10.5 Å². The molecule has 6 nitrogen and oxygen atoms in total. The summed E-state index contributed by atoms with van der Waals surface area (Å²) in [5, 5.41) is 5.00. The van der Waals surface area contributed by atoms with Crippen LogP contribution in [0.3, 0.4) is 0 Å². The monoisotopic (exact) mass is 480 g/mol. The zero-order valence-corrected chi connectivity index (χ0v) is 17.1. The Labute approximate surface area is 161 Å². The van der Waals surface area contributed by atoms with Crippen LogP contribution in [-0.4, -0.2) is 30.6 Å². The van der Waals surface area contributed by atoms with E-state index in [1.165, 1.54) is 17.8 Å². The first-order valence-electron chi connectivity index (χ1n) is 7.59. The molecule has 0 spiro atoms. The number of thiophene rings is 1. The molecule has 1 saturated carbocycles. The highest BCUT2D eigenvalue weighted by Crippen LogP contribution is 2.32. The number of imide groups is 1. The number of carbonyl (C=O) groups is 3. The molecule has 132 valence electrons. The number of urea groups is 1. The maximum absolute atomic E-state index is 11.8. The lowest BCUT2D eigenvalue weighted by Crippen LogP contribution is -2.48. The number of halogens is 2. The highest BCUT2D eigenvalue weighted by molar-refractivity contribution is 9.13. The number of esters is 1. The smallest absolute Gasteiger partial charge is 0.348 e. The Hall–Kier alpha value is -0.930. The van der Waals surface area contributed by atoms with Crippen LogP contribution in [0.2, 0.25) is 0 Å². The lowest BCUT2D eigenvalue weighted by Gasteiger charge is -2.29. The fraction of sp³-hybridized carbons (Fsp3) is 0.533. The van der Waals surface area contributed by atoms with Crippen molar-refractivity contribution in [2.24, 2.45) is 5.92 Å². The second-order valence-corrected chi connectivity index (χ2v) is 8.92. The Bertz CT molecular complexity index is 615. The summed E-state index contributed by atoms with van der Waals surface area (Å²) < 4.78 is 6.41. The van der Waals surface area contributed by atoms with Crippen LogP contribution in [0.25, 0.3) is 0 Å². The van der Waals surface area contributed by atoms with Gasteiger partial charge in [0.2, 0.25) is 0 Å². The fourth-order valence-corrected chi connectivity index (χ4v) is 4.48. The van der Waals surface area contributed by atoms with E-state index in [2.05, 4.69) is 49.4 Å². The molecule has 0 aromatic carbocycles. The second kappa shape index (κ2) is 8.96. The summed E-state index contributed by atoms with van der Waals surface area (Å²) in [4.78, 5) is 35.7. The molecule has 2 N–H and O–H groups in total. The standard InChI is InChI=1S/C15H18Br2N2O4S/c1-8-4-2-3-5-10(8)18-15(22)19-12(20)7-23-14(21)11-6-9(16)13(17)24-11/h6,8,10H,2-5,7H2,1H3,(H2,18,19,20,22). The Morgan fingerprint density at radius 1 is 1.29 bits per heavy atom. The lowest BCUT2D eigenvalue weighted by atomic mass is 9.86. The number of carbonyl (C=O) groups excluding carboxylic acids is 3. The van der Waals surface area contributed by atoms with Gasteiger partial charge >= 0.3 is 12.0 Å². The van der Waals surface area contributed by atoms with Gasteiger partial charge < -0.3 is 10.1 Å². The van der Waals surface area contributed by atoms with Crippen LogP contribution in [0.15, 0.2) is 14.3 Å². The van der Waals surface area contributed by atoms with Crippen molar-refractivity contribution in [3.05, 3.63) is 19.2 Å². The van der Waals surface area contributed by atoms with E-state index in [1.54, 1.807) is 6.07 Å². The Balaban J connectivity index is 1.74. The molecule has 3 amide bonds. The molecule has 2 unspecified atom stereocenters. The maximum Gasteiger partial charge on any atom is 0.348 e. The van der Waals surface area contributed by atoms with Crippen molar-refractivity contribution in [2.45, 2.75) is 38.6 Å². The molecule has 1 aliphatic rings. The molecule has 2 rings (SSSR count). The van der Waals surface area contributed by atoms with Gasteiger partial charge in [0.15, 0.2) is 6.61 Å². The molecule has 0 radical (unpaired) electrons. The van der Waals surface area contributed by atoms with Crippen molar-refractivity contribution in [3.8, 4) is 0 Å². The van der Waals surface area contributed by atoms with Gasteiger partial charge in [0.25, 0.3) is 5.91 Å². The van der Waals surface area contributed by atoms with Crippen LogP contribution in [-0.2, 0) is 9.53 Å². The SMILES string of the molecule is CC1CCCCC1NC(=O)NC(=O)COC(=O)c1cc(Br)c(Br)s1. The number of nitrogens with one attached hydrogen (secondary N) is 2. The van der Waals surface area contributed by atoms with Gasteiger partial charge in [-0.1, -0.05) is 19.8 Å². The normalized spacial score (nSPS) is 20.3. The topological polar surface area (TPSA) is 84.5 Å². The quantitative estimate of drug-likeness (QED) is 0.640.